The standard InChI is InChI=1S/C19H19NO4/c1-13-3-5-16(6-4-13)12-24-17-9-7-15(8-10-17)11-18(19(22)23)20-14(2)21/h3-11H,12H2,1-2H3,(H,20,21)(H,22,23). The molecule has 1 amide bonds. The molecule has 0 bridgehead atoms. The maximum Gasteiger partial charge on any atom is 0.352 e. The van der Waals surface area contributed by atoms with Crippen LogP contribution in [0.5, 0.6) is 5.75 Å². The number of benzene rings is 2. The smallest absolute Gasteiger partial charge is 0.352 e. The van der Waals surface area contributed by atoms with Gasteiger partial charge in [-0.05, 0) is 36.3 Å². The van der Waals surface area contributed by atoms with Crippen molar-refractivity contribution in [2.24, 2.45) is 0 Å². The first kappa shape index (κ1) is 17.3. The molecule has 0 radical (unpaired) electrons. The van der Waals surface area contributed by atoms with E-state index in [0.717, 1.165) is 5.56 Å². The fourth-order valence-electron chi connectivity index (χ4n) is 2.02. The highest BCUT2D eigenvalue weighted by Gasteiger charge is 2.08. The highest BCUT2D eigenvalue weighted by molar-refractivity contribution is 5.96. The summed E-state index contributed by atoms with van der Waals surface area (Å²) >= 11 is 0. The largest absolute Gasteiger partial charge is 0.489 e. The molecule has 124 valence electrons. The molecule has 0 atom stereocenters. The summed E-state index contributed by atoms with van der Waals surface area (Å²) in [5, 5.41) is 11.3. The lowest BCUT2D eigenvalue weighted by atomic mass is 10.1. The van der Waals surface area contributed by atoms with Crippen LogP contribution in [0.4, 0.5) is 0 Å². The fourth-order valence-corrected chi connectivity index (χ4v) is 2.02. The van der Waals surface area contributed by atoms with Crippen LogP contribution in [0.15, 0.2) is 54.2 Å². The molecule has 0 aliphatic heterocycles. The predicted octanol–water partition coefficient (Wildman–Crippen LogP) is 3.14. The molecule has 2 rings (SSSR count). The van der Waals surface area contributed by atoms with Gasteiger partial charge >= 0.3 is 5.97 Å². The van der Waals surface area contributed by atoms with Gasteiger partial charge in [0.25, 0.3) is 0 Å². The third-order valence-electron chi connectivity index (χ3n) is 3.26. The minimum Gasteiger partial charge on any atom is -0.489 e. The minimum absolute atomic E-state index is 0.171. The molecule has 5 nitrogen and oxygen atoms in total. The number of nitrogens with one attached hydrogen (secondary N) is 1. The van der Waals surface area contributed by atoms with E-state index in [1.807, 2.05) is 31.2 Å². The first-order valence-corrected chi connectivity index (χ1v) is 7.45. The summed E-state index contributed by atoms with van der Waals surface area (Å²) in [4.78, 5) is 22.1. The fraction of sp³-hybridized carbons (Fsp3) is 0.158. The van der Waals surface area contributed by atoms with E-state index in [-0.39, 0.29) is 5.70 Å². The predicted molar refractivity (Wildman–Crippen MR) is 91.4 cm³/mol. The van der Waals surface area contributed by atoms with Gasteiger partial charge in [-0.25, -0.2) is 4.79 Å². The van der Waals surface area contributed by atoms with Crippen molar-refractivity contribution in [3.8, 4) is 5.75 Å². The maximum atomic E-state index is 11.1. The average molecular weight is 325 g/mol. The summed E-state index contributed by atoms with van der Waals surface area (Å²) < 4.78 is 5.70. The van der Waals surface area contributed by atoms with Crippen LogP contribution in [0.3, 0.4) is 0 Å². The topological polar surface area (TPSA) is 75.6 Å². The van der Waals surface area contributed by atoms with E-state index in [4.69, 9.17) is 9.84 Å². The third-order valence-corrected chi connectivity index (χ3v) is 3.26. The molecular weight excluding hydrogens is 306 g/mol. The Kier molecular flexibility index (Phi) is 5.73. The number of carbonyl (C=O) groups is 2. The van der Waals surface area contributed by atoms with Crippen molar-refractivity contribution < 1.29 is 19.4 Å². The van der Waals surface area contributed by atoms with E-state index in [2.05, 4.69) is 5.32 Å². The van der Waals surface area contributed by atoms with Gasteiger partial charge in [0, 0.05) is 6.92 Å². The summed E-state index contributed by atoms with van der Waals surface area (Å²) in [6.07, 6.45) is 1.40. The Balaban J connectivity index is 2.02. The Labute approximate surface area is 140 Å². The molecule has 0 saturated heterocycles. The van der Waals surface area contributed by atoms with Crippen LogP contribution in [0.1, 0.15) is 23.6 Å². The van der Waals surface area contributed by atoms with Crippen LogP contribution in [0.25, 0.3) is 6.08 Å². The van der Waals surface area contributed by atoms with Gasteiger partial charge in [-0.2, -0.15) is 0 Å². The second kappa shape index (κ2) is 7.97. The number of carbonyl (C=O) groups excluding carboxylic acids is 1. The van der Waals surface area contributed by atoms with Crippen molar-refractivity contribution >= 4 is 18.0 Å². The van der Waals surface area contributed by atoms with Crippen LogP contribution in [0.2, 0.25) is 0 Å². The van der Waals surface area contributed by atoms with Gasteiger partial charge in [0.2, 0.25) is 5.91 Å². The molecule has 0 heterocycles. The van der Waals surface area contributed by atoms with Crippen molar-refractivity contribution in [1.29, 1.82) is 0 Å². The number of hydrogen-bond donors (Lipinski definition) is 2. The van der Waals surface area contributed by atoms with E-state index in [1.54, 1.807) is 24.3 Å². The molecule has 0 aliphatic carbocycles. The highest BCUT2D eigenvalue weighted by atomic mass is 16.5. The van der Waals surface area contributed by atoms with Crippen LogP contribution >= 0.6 is 0 Å². The summed E-state index contributed by atoms with van der Waals surface area (Å²) in [5.41, 5.74) is 2.76. The summed E-state index contributed by atoms with van der Waals surface area (Å²) in [5.74, 6) is -0.935. The molecule has 0 unspecified atom stereocenters. The molecule has 0 fully saturated rings. The molecule has 2 N–H and O–H groups in total. The zero-order valence-corrected chi connectivity index (χ0v) is 13.6. The molecule has 0 aliphatic rings. The lowest BCUT2D eigenvalue weighted by molar-refractivity contribution is -0.134. The van der Waals surface area contributed by atoms with Gasteiger partial charge in [0.15, 0.2) is 0 Å². The Bertz CT molecular complexity index is 746. The number of aliphatic carboxylic acids is 1. The Morgan fingerprint density at radius 2 is 1.71 bits per heavy atom. The molecule has 0 spiro atoms. The van der Waals surface area contributed by atoms with E-state index in [1.165, 1.54) is 18.6 Å². The highest BCUT2D eigenvalue weighted by Crippen LogP contribution is 2.16. The van der Waals surface area contributed by atoms with Crippen molar-refractivity contribution in [3.63, 3.8) is 0 Å². The van der Waals surface area contributed by atoms with E-state index >= 15 is 0 Å². The molecular formula is C19H19NO4. The second-order valence-corrected chi connectivity index (χ2v) is 5.39. The summed E-state index contributed by atoms with van der Waals surface area (Å²) in [7, 11) is 0. The van der Waals surface area contributed by atoms with Crippen molar-refractivity contribution in [2.75, 3.05) is 0 Å². The van der Waals surface area contributed by atoms with Gasteiger partial charge in [0.05, 0.1) is 0 Å². The Morgan fingerprint density at radius 3 is 2.25 bits per heavy atom. The van der Waals surface area contributed by atoms with Gasteiger partial charge in [-0.3, -0.25) is 4.79 Å². The van der Waals surface area contributed by atoms with Gasteiger partial charge in [0.1, 0.15) is 18.1 Å². The monoisotopic (exact) mass is 325 g/mol. The normalized spacial score (nSPS) is 11.0. The molecule has 5 heteroatoms. The van der Waals surface area contributed by atoms with Crippen LogP contribution < -0.4 is 10.1 Å². The number of hydrogen-bond acceptors (Lipinski definition) is 3. The van der Waals surface area contributed by atoms with Crippen molar-refractivity contribution in [3.05, 3.63) is 70.9 Å². The number of rotatable bonds is 6. The number of aryl methyl sites for hydroxylation is 1. The average Bonchev–Trinajstić information content (AvgIpc) is 2.54. The second-order valence-electron chi connectivity index (χ2n) is 5.39. The Morgan fingerprint density at radius 1 is 1.08 bits per heavy atom. The minimum atomic E-state index is -1.19. The zero-order chi connectivity index (χ0) is 17.5. The lowest BCUT2D eigenvalue weighted by Crippen LogP contribution is -2.24. The van der Waals surface area contributed by atoms with E-state index < -0.39 is 11.9 Å². The van der Waals surface area contributed by atoms with Gasteiger partial charge in [-0.15, -0.1) is 0 Å². The number of ether oxygens (including phenoxy) is 1. The maximum absolute atomic E-state index is 11.1. The van der Waals surface area contributed by atoms with Crippen LogP contribution in [-0.4, -0.2) is 17.0 Å². The first-order chi connectivity index (χ1) is 11.4. The number of carboxylic acids is 1. The third kappa shape index (κ3) is 5.28. The number of amides is 1. The van der Waals surface area contributed by atoms with Crippen LogP contribution in [-0.2, 0) is 16.2 Å². The van der Waals surface area contributed by atoms with E-state index in [0.29, 0.717) is 17.9 Å². The molecule has 24 heavy (non-hydrogen) atoms. The summed E-state index contributed by atoms with van der Waals surface area (Å²) in [6.45, 7) is 3.75. The Hall–Kier alpha value is -3.08. The summed E-state index contributed by atoms with van der Waals surface area (Å²) in [6, 6.07) is 15.1. The number of carboxylic acid groups (broad SMARTS) is 1. The van der Waals surface area contributed by atoms with E-state index in [9.17, 15) is 9.59 Å². The van der Waals surface area contributed by atoms with Crippen molar-refractivity contribution in [1.82, 2.24) is 5.32 Å². The van der Waals surface area contributed by atoms with Gasteiger partial charge < -0.3 is 15.2 Å². The van der Waals surface area contributed by atoms with Gasteiger partial charge in [-0.1, -0.05) is 42.0 Å². The molecule has 2 aromatic rings. The first-order valence-electron chi connectivity index (χ1n) is 7.45. The molecule has 0 saturated carbocycles. The lowest BCUT2D eigenvalue weighted by Gasteiger charge is -2.07. The van der Waals surface area contributed by atoms with Crippen LogP contribution in [0, 0.1) is 6.92 Å². The van der Waals surface area contributed by atoms with Crippen molar-refractivity contribution in [2.45, 2.75) is 20.5 Å². The SMILES string of the molecule is CC(=O)NC(=Cc1ccc(OCc2ccc(C)cc2)cc1)C(=O)O. The molecule has 0 aromatic heterocycles. The zero-order valence-electron chi connectivity index (χ0n) is 13.6. The quantitative estimate of drug-likeness (QED) is 0.800. The molecule has 2 aromatic carbocycles.